The molecular weight excluding hydrogens is 420 g/mol. The van der Waals surface area contributed by atoms with Crippen molar-refractivity contribution in [3.05, 3.63) is 69.9 Å². The summed E-state index contributed by atoms with van der Waals surface area (Å²) >= 11 is 7.40. The molecule has 5 nitrogen and oxygen atoms in total. The number of hydrogen-bond acceptors (Lipinski definition) is 5. The van der Waals surface area contributed by atoms with Crippen LogP contribution in [0.25, 0.3) is 10.2 Å². The van der Waals surface area contributed by atoms with E-state index in [1.54, 1.807) is 39.0 Å². The van der Waals surface area contributed by atoms with Gasteiger partial charge < -0.3 is 5.11 Å². The molecule has 1 aliphatic heterocycles. The number of thiazole rings is 1. The minimum atomic E-state index is -0.761. The van der Waals surface area contributed by atoms with E-state index < -0.39 is 23.1 Å². The van der Waals surface area contributed by atoms with Crippen LogP contribution in [0.4, 0.5) is 5.13 Å². The number of Topliss-reactive ketones (excluding diaryl/α,β-unsaturated/α-hetero) is 1. The predicted molar refractivity (Wildman–Crippen MR) is 120 cm³/mol. The summed E-state index contributed by atoms with van der Waals surface area (Å²) in [6.45, 7) is 7.26. The Kier molecular flexibility index (Phi) is 4.95. The summed E-state index contributed by atoms with van der Waals surface area (Å²) in [4.78, 5) is 32.4. The molecule has 4 rings (SSSR count). The molecule has 1 aromatic heterocycles. The Morgan fingerprint density at radius 2 is 1.93 bits per heavy atom. The Labute approximate surface area is 183 Å². The number of hydrogen-bond donors (Lipinski definition) is 1. The van der Waals surface area contributed by atoms with Gasteiger partial charge >= 0.3 is 0 Å². The molecule has 0 aliphatic carbocycles. The van der Waals surface area contributed by atoms with Crippen LogP contribution in [0.3, 0.4) is 0 Å². The topological polar surface area (TPSA) is 70.5 Å². The lowest BCUT2D eigenvalue weighted by Crippen LogP contribution is -2.32. The van der Waals surface area contributed by atoms with E-state index >= 15 is 0 Å². The second-order valence-electron chi connectivity index (χ2n) is 8.44. The number of benzene rings is 2. The van der Waals surface area contributed by atoms with E-state index in [2.05, 4.69) is 4.98 Å². The summed E-state index contributed by atoms with van der Waals surface area (Å²) in [5.41, 5.74) is 1.78. The zero-order valence-electron chi connectivity index (χ0n) is 17.1. The first-order chi connectivity index (χ1) is 14.1. The van der Waals surface area contributed by atoms with Gasteiger partial charge in [0.05, 0.1) is 21.8 Å². The molecule has 2 aromatic carbocycles. The summed E-state index contributed by atoms with van der Waals surface area (Å²) < 4.78 is 0.823. The van der Waals surface area contributed by atoms with Crippen molar-refractivity contribution < 1.29 is 14.7 Å². The number of halogens is 1. The Morgan fingerprint density at radius 3 is 2.60 bits per heavy atom. The fourth-order valence-electron chi connectivity index (χ4n) is 3.58. The smallest absolute Gasteiger partial charge is 0.296 e. The Morgan fingerprint density at radius 1 is 1.20 bits per heavy atom. The summed E-state index contributed by atoms with van der Waals surface area (Å²) in [5, 5.41) is 11.7. The van der Waals surface area contributed by atoms with Crippen LogP contribution in [-0.2, 0) is 9.59 Å². The molecule has 2 heterocycles. The van der Waals surface area contributed by atoms with Crippen molar-refractivity contribution in [1.82, 2.24) is 4.98 Å². The molecule has 154 valence electrons. The molecular formula is C23H21ClN2O3S. The van der Waals surface area contributed by atoms with Crippen LogP contribution >= 0.6 is 22.9 Å². The number of rotatable bonds is 3. The maximum Gasteiger partial charge on any atom is 0.296 e. The average molecular weight is 441 g/mol. The molecule has 1 aliphatic rings. The van der Waals surface area contributed by atoms with Crippen molar-refractivity contribution in [2.75, 3.05) is 4.90 Å². The highest BCUT2D eigenvalue weighted by Crippen LogP contribution is 2.45. The molecule has 1 N–H and O–H groups in total. The number of ketones is 1. The van der Waals surface area contributed by atoms with Crippen LogP contribution in [-0.4, -0.2) is 21.8 Å². The lowest BCUT2D eigenvalue weighted by Gasteiger charge is -2.27. The quantitative estimate of drug-likeness (QED) is 0.561. The predicted octanol–water partition coefficient (Wildman–Crippen LogP) is 5.77. The average Bonchev–Trinajstić information content (AvgIpc) is 3.19. The highest BCUT2D eigenvalue weighted by atomic mass is 35.5. The molecule has 0 bridgehead atoms. The van der Waals surface area contributed by atoms with Gasteiger partial charge in [-0.05, 0) is 30.7 Å². The normalized spacial score (nSPS) is 17.3. The number of aliphatic hydroxyl groups excluding tert-OH is 1. The van der Waals surface area contributed by atoms with Crippen molar-refractivity contribution >= 4 is 50.0 Å². The fourth-order valence-corrected chi connectivity index (χ4v) is 4.85. The van der Waals surface area contributed by atoms with Gasteiger partial charge in [0.25, 0.3) is 5.91 Å². The Bertz CT molecular complexity index is 1220. The first-order valence-corrected chi connectivity index (χ1v) is 10.7. The monoisotopic (exact) mass is 440 g/mol. The van der Waals surface area contributed by atoms with Crippen molar-refractivity contribution in [3.63, 3.8) is 0 Å². The van der Waals surface area contributed by atoms with Crippen molar-refractivity contribution in [2.24, 2.45) is 5.41 Å². The minimum Gasteiger partial charge on any atom is -0.503 e. The van der Waals surface area contributed by atoms with Crippen LogP contribution < -0.4 is 4.90 Å². The molecule has 1 unspecified atom stereocenters. The first-order valence-electron chi connectivity index (χ1n) is 9.52. The van der Waals surface area contributed by atoms with Gasteiger partial charge in [-0.2, -0.15) is 0 Å². The second-order valence-corrected chi connectivity index (χ2v) is 9.89. The van der Waals surface area contributed by atoms with Crippen LogP contribution in [0.15, 0.2) is 53.8 Å². The van der Waals surface area contributed by atoms with Gasteiger partial charge in [0, 0.05) is 10.4 Å². The Hall–Kier alpha value is -2.70. The van der Waals surface area contributed by atoms with Crippen LogP contribution in [0.1, 0.15) is 37.9 Å². The first kappa shape index (κ1) is 20.6. The molecule has 1 amide bonds. The van der Waals surface area contributed by atoms with E-state index in [1.165, 1.54) is 16.2 Å². The molecule has 3 aromatic rings. The number of anilines is 1. The van der Waals surface area contributed by atoms with E-state index in [0.717, 1.165) is 15.8 Å². The highest BCUT2D eigenvalue weighted by Gasteiger charge is 2.47. The number of aromatic nitrogens is 1. The van der Waals surface area contributed by atoms with Gasteiger partial charge in [-0.3, -0.25) is 14.5 Å². The lowest BCUT2D eigenvalue weighted by atomic mass is 9.82. The summed E-state index contributed by atoms with van der Waals surface area (Å²) in [6, 6.07) is 12.2. The van der Waals surface area contributed by atoms with Crippen molar-refractivity contribution in [2.45, 2.75) is 33.7 Å². The minimum absolute atomic E-state index is 0.107. The number of aliphatic hydroxyl groups is 1. The van der Waals surface area contributed by atoms with Gasteiger partial charge in [-0.15, -0.1) is 0 Å². The maximum absolute atomic E-state index is 13.3. The molecule has 0 radical (unpaired) electrons. The molecule has 0 spiro atoms. The molecule has 0 saturated carbocycles. The molecule has 30 heavy (non-hydrogen) atoms. The van der Waals surface area contributed by atoms with E-state index in [4.69, 9.17) is 11.6 Å². The highest BCUT2D eigenvalue weighted by molar-refractivity contribution is 7.22. The number of aryl methyl sites for hydroxylation is 1. The molecule has 0 fully saturated rings. The van der Waals surface area contributed by atoms with Gasteiger partial charge in [0.15, 0.2) is 16.7 Å². The van der Waals surface area contributed by atoms with E-state index in [9.17, 15) is 14.7 Å². The van der Waals surface area contributed by atoms with Crippen molar-refractivity contribution in [3.8, 4) is 0 Å². The summed E-state index contributed by atoms with van der Waals surface area (Å²) in [6.07, 6.45) is 0. The third kappa shape index (κ3) is 3.40. The summed E-state index contributed by atoms with van der Waals surface area (Å²) in [7, 11) is 0. The van der Waals surface area contributed by atoms with Crippen LogP contribution in [0.2, 0.25) is 5.02 Å². The number of carbonyl (C=O) groups is 2. The second kappa shape index (κ2) is 7.22. The fraction of sp³-hybridized carbons (Fsp3) is 0.261. The van der Waals surface area contributed by atoms with Gasteiger partial charge in [0.1, 0.15) is 0 Å². The SMILES string of the molecule is Cc1cccc(C2C(C(=O)C(C)(C)C)=C(O)C(=O)N2c2nc3ccc(Cl)cc3s2)c1. The molecule has 1 atom stereocenters. The van der Waals surface area contributed by atoms with E-state index in [-0.39, 0.29) is 11.4 Å². The van der Waals surface area contributed by atoms with Crippen molar-refractivity contribution in [1.29, 1.82) is 0 Å². The van der Waals surface area contributed by atoms with Gasteiger partial charge in [-0.25, -0.2) is 4.98 Å². The van der Waals surface area contributed by atoms with E-state index in [1.807, 2.05) is 31.2 Å². The van der Waals surface area contributed by atoms with Crippen LogP contribution in [0.5, 0.6) is 0 Å². The number of fused-ring (bicyclic) bond motifs is 1. The number of nitrogens with zero attached hydrogens (tertiary/aromatic N) is 2. The van der Waals surface area contributed by atoms with Gasteiger partial charge in [-0.1, -0.05) is 73.5 Å². The zero-order valence-corrected chi connectivity index (χ0v) is 18.6. The number of amides is 1. The van der Waals surface area contributed by atoms with Gasteiger partial charge in [0.2, 0.25) is 0 Å². The lowest BCUT2D eigenvalue weighted by molar-refractivity contribution is -0.123. The number of carbonyl (C=O) groups excluding carboxylic acids is 2. The maximum atomic E-state index is 13.3. The standard InChI is InChI=1S/C23H21ClN2O3S/c1-12-6-5-7-13(10-12)18-17(20(28)23(2,3)4)19(27)21(29)26(18)22-25-15-9-8-14(24)11-16(15)30-22/h5-11,18,27H,1-4H3. The zero-order chi connectivity index (χ0) is 21.8. The van der Waals surface area contributed by atoms with Crippen LogP contribution in [0, 0.1) is 12.3 Å². The molecule has 0 saturated heterocycles. The van der Waals surface area contributed by atoms with E-state index in [0.29, 0.717) is 15.7 Å². The summed E-state index contributed by atoms with van der Waals surface area (Å²) in [5.74, 6) is -1.41. The largest absolute Gasteiger partial charge is 0.503 e. The Balaban J connectivity index is 1.92. The third-order valence-corrected chi connectivity index (χ3v) is 6.29. The molecule has 7 heteroatoms. The third-order valence-electron chi connectivity index (χ3n) is 5.04.